The van der Waals surface area contributed by atoms with Gasteiger partial charge in [-0.05, 0) is 52.7 Å². The molecule has 0 aromatic carbocycles. The van der Waals surface area contributed by atoms with E-state index in [1.165, 1.54) is 51.6 Å². The summed E-state index contributed by atoms with van der Waals surface area (Å²) in [4.78, 5) is 2.51. The molecular formula is C13H28N2. The first-order chi connectivity index (χ1) is 7.24. The molecule has 1 fully saturated rings. The molecule has 0 radical (unpaired) electrons. The Labute approximate surface area is 95.4 Å². The van der Waals surface area contributed by atoms with Crippen LogP contribution in [0.1, 0.15) is 52.4 Å². The van der Waals surface area contributed by atoms with Crippen molar-refractivity contribution in [2.45, 2.75) is 64.5 Å². The molecule has 15 heavy (non-hydrogen) atoms. The van der Waals surface area contributed by atoms with Crippen molar-refractivity contribution >= 4 is 0 Å². The molecule has 1 aliphatic heterocycles. The van der Waals surface area contributed by atoms with E-state index in [9.17, 15) is 0 Å². The Kier molecular flexibility index (Phi) is 6.26. The molecule has 0 amide bonds. The molecule has 0 saturated carbocycles. The van der Waals surface area contributed by atoms with Crippen molar-refractivity contribution in [2.24, 2.45) is 0 Å². The highest BCUT2D eigenvalue weighted by atomic mass is 15.1. The number of rotatable bonds is 6. The highest BCUT2D eigenvalue weighted by molar-refractivity contribution is 4.74. The average molecular weight is 212 g/mol. The monoisotopic (exact) mass is 212 g/mol. The summed E-state index contributed by atoms with van der Waals surface area (Å²) in [6, 6.07) is 1.54. The van der Waals surface area contributed by atoms with Gasteiger partial charge in [0.1, 0.15) is 0 Å². The minimum absolute atomic E-state index is 0.749. The minimum Gasteiger partial charge on any atom is -0.314 e. The van der Waals surface area contributed by atoms with Crippen molar-refractivity contribution in [1.29, 1.82) is 0 Å². The zero-order valence-electron chi connectivity index (χ0n) is 10.8. The van der Waals surface area contributed by atoms with Gasteiger partial charge >= 0.3 is 0 Å². The van der Waals surface area contributed by atoms with Crippen LogP contribution >= 0.6 is 0 Å². The predicted octanol–water partition coefficient (Wildman–Crippen LogP) is 2.64. The van der Waals surface area contributed by atoms with Crippen molar-refractivity contribution in [1.82, 2.24) is 10.2 Å². The van der Waals surface area contributed by atoms with Gasteiger partial charge in [-0.1, -0.05) is 19.8 Å². The van der Waals surface area contributed by atoms with Gasteiger partial charge in [0.05, 0.1) is 0 Å². The Morgan fingerprint density at radius 2 is 2.20 bits per heavy atom. The van der Waals surface area contributed by atoms with Crippen molar-refractivity contribution in [3.05, 3.63) is 0 Å². The van der Waals surface area contributed by atoms with Gasteiger partial charge in [0.15, 0.2) is 0 Å². The number of nitrogens with one attached hydrogen (secondary N) is 1. The Morgan fingerprint density at radius 3 is 2.80 bits per heavy atom. The topological polar surface area (TPSA) is 15.3 Å². The van der Waals surface area contributed by atoms with E-state index in [2.05, 4.69) is 31.1 Å². The maximum Gasteiger partial charge on any atom is 0.00792 e. The molecule has 0 aliphatic carbocycles. The number of hydrogen-bond acceptors (Lipinski definition) is 2. The van der Waals surface area contributed by atoms with E-state index >= 15 is 0 Å². The number of piperidine rings is 1. The van der Waals surface area contributed by atoms with Gasteiger partial charge in [-0.15, -0.1) is 0 Å². The molecule has 1 aliphatic rings. The average Bonchev–Trinajstić information content (AvgIpc) is 2.27. The van der Waals surface area contributed by atoms with Gasteiger partial charge in [0.25, 0.3) is 0 Å². The van der Waals surface area contributed by atoms with Crippen LogP contribution in [0.15, 0.2) is 0 Å². The van der Waals surface area contributed by atoms with Gasteiger partial charge < -0.3 is 10.2 Å². The fourth-order valence-corrected chi connectivity index (χ4v) is 2.39. The van der Waals surface area contributed by atoms with Gasteiger partial charge in [0.2, 0.25) is 0 Å². The molecule has 2 nitrogen and oxygen atoms in total. The smallest absolute Gasteiger partial charge is 0.00792 e. The summed E-state index contributed by atoms with van der Waals surface area (Å²) in [6.45, 7) is 7.10. The largest absolute Gasteiger partial charge is 0.314 e. The first-order valence-corrected chi connectivity index (χ1v) is 6.67. The summed E-state index contributed by atoms with van der Waals surface area (Å²) in [5.41, 5.74) is 0. The Morgan fingerprint density at radius 1 is 1.40 bits per heavy atom. The van der Waals surface area contributed by atoms with E-state index in [4.69, 9.17) is 0 Å². The van der Waals surface area contributed by atoms with Crippen LogP contribution in [0, 0.1) is 0 Å². The quantitative estimate of drug-likeness (QED) is 0.728. The lowest BCUT2D eigenvalue weighted by Crippen LogP contribution is -2.38. The molecule has 0 aromatic rings. The Hall–Kier alpha value is -0.0800. The van der Waals surface area contributed by atoms with Crippen LogP contribution in [-0.4, -0.2) is 37.1 Å². The van der Waals surface area contributed by atoms with Crippen LogP contribution in [0.25, 0.3) is 0 Å². The van der Waals surface area contributed by atoms with E-state index < -0.39 is 0 Å². The molecule has 2 atom stereocenters. The van der Waals surface area contributed by atoms with E-state index in [1.54, 1.807) is 0 Å². The molecular weight excluding hydrogens is 184 g/mol. The molecule has 1 N–H and O–H groups in total. The van der Waals surface area contributed by atoms with Crippen molar-refractivity contribution in [2.75, 3.05) is 20.1 Å². The Balaban J connectivity index is 2.11. The summed E-state index contributed by atoms with van der Waals surface area (Å²) in [5.74, 6) is 0. The first kappa shape index (κ1) is 13.0. The molecule has 1 heterocycles. The minimum atomic E-state index is 0.749. The molecule has 0 bridgehead atoms. The summed E-state index contributed by atoms with van der Waals surface area (Å²) >= 11 is 0. The van der Waals surface area contributed by atoms with Crippen LogP contribution in [0.4, 0.5) is 0 Å². The second-order valence-corrected chi connectivity index (χ2v) is 5.05. The maximum absolute atomic E-state index is 3.62. The third-order valence-electron chi connectivity index (χ3n) is 3.70. The van der Waals surface area contributed by atoms with E-state index in [-0.39, 0.29) is 0 Å². The summed E-state index contributed by atoms with van der Waals surface area (Å²) in [7, 11) is 2.27. The molecule has 1 saturated heterocycles. The molecule has 2 unspecified atom stereocenters. The third kappa shape index (κ3) is 4.98. The van der Waals surface area contributed by atoms with Crippen LogP contribution in [-0.2, 0) is 0 Å². The fraction of sp³-hybridized carbons (Fsp3) is 1.00. The molecule has 1 rings (SSSR count). The SMILES string of the molecule is CCCC(C)N(C)CCC1CCCCN1. The fourth-order valence-electron chi connectivity index (χ4n) is 2.39. The zero-order valence-corrected chi connectivity index (χ0v) is 10.8. The van der Waals surface area contributed by atoms with E-state index in [1.807, 2.05) is 0 Å². The highest BCUT2D eigenvalue weighted by Crippen LogP contribution is 2.12. The van der Waals surface area contributed by atoms with Crippen LogP contribution in [0.3, 0.4) is 0 Å². The zero-order chi connectivity index (χ0) is 11.1. The molecule has 90 valence electrons. The van der Waals surface area contributed by atoms with Crippen LogP contribution < -0.4 is 5.32 Å². The predicted molar refractivity (Wildman–Crippen MR) is 67.3 cm³/mol. The second kappa shape index (κ2) is 7.24. The van der Waals surface area contributed by atoms with Gasteiger partial charge in [-0.25, -0.2) is 0 Å². The van der Waals surface area contributed by atoms with Crippen molar-refractivity contribution < 1.29 is 0 Å². The van der Waals surface area contributed by atoms with Crippen molar-refractivity contribution in [3.8, 4) is 0 Å². The number of nitrogens with zero attached hydrogens (tertiary/aromatic N) is 1. The highest BCUT2D eigenvalue weighted by Gasteiger charge is 2.14. The third-order valence-corrected chi connectivity index (χ3v) is 3.70. The standard InChI is InChI=1S/C13H28N2/c1-4-7-12(2)15(3)11-9-13-8-5-6-10-14-13/h12-14H,4-11H2,1-3H3. The lowest BCUT2D eigenvalue weighted by Gasteiger charge is -2.29. The van der Waals surface area contributed by atoms with Crippen LogP contribution in [0.2, 0.25) is 0 Å². The summed E-state index contributed by atoms with van der Waals surface area (Å²) in [5, 5.41) is 3.62. The van der Waals surface area contributed by atoms with E-state index in [0.717, 1.165) is 12.1 Å². The normalized spacial score (nSPS) is 24.4. The summed E-state index contributed by atoms with van der Waals surface area (Å²) in [6.07, 6.45) is 8.13. The molecule has 2 heteroatoms. The van der Waals surface area contributed by atoms with Crippen LogP contribution in [0.5, 0.6) is 0 Å². The lowest BCUT2D eigenvalue weighted by atomic mass is 10.0. The van der Waals surface area contributed by atoms with Gasteiger partial charge in [0, 0.05) is 12.1 Å². The maximum atomic E-state index is 3.62. The molecule has 0 spiro atoms. The summed E-state index contributed by atoms with van der Waals surface area (Å²) < 4.78 is 0. The van der Waals surface area contributed by atoms with Gasteiger partial charge in [-0.2, -0.15) is 0 Å². The second-order valence-electron chi connectivity index (χ2n) is 5.05. The lowest BCUT2D eigenvalue weighted by molar-refractivity contribution is 0.224. The Bertz CT molecular complexity index is 153. The first-order valence-electron chi connectivity index (χ1n) is 6.67. The van der Waals surface area contributed by atoms with Gasteiger partial charge in [-0.3, -0.25) is 0 Å². The van der Waals surface area contributed by atoms with E-state index in [0.29, 0.717) is 0 Å². The molecule has 0 aromatic heterocycles. The van der Waals surface area contributed by atoms with Crippen molar-refractivity contribution in [3.63, 3.8) is 0 Å². The number of hydrogen-bond donors (Lipinski definition) is 1.